The van der Waals surface area contributed by atoms with E-state index in [0.29, 0.717) is 6.61 Å². The number of hydrogen-bond acceptors (Lipinski definition) is 2. The van der Waals surface area contributed by atoms with Crippen molar-refractivity contribution in [2.45, 2.75) is 20.0 Å². The summed E-state index contributed by atoms with van der Waals surface area (Å²) in [7, 11) is 0. The monoisotopic (exact) mass is 332 g/mol. The molecule has 0 aliphatic heterocycles. The number of rotatable bonds is 6. The van der Waals surface area contributed by atoms with Crippen molar-refractivity contribution in [2.75, 3.05) is 0 Å². The maximum atomic E-state index is 11.1. The van der Waals surface area contributed by atoms with Crippen molar-refractivity contribution in [3.8, 4) is 16.9 Å². The Morgan fingerprint density at radius 3 is 2.52 bits per heavy atom. The van der Waals surface area contributed by atoms with Crippen LogP contribution in [0.25, 0.3) is 11.1 Å². The molecule has 0 radical (unpaired) electrons. The zero-order chi connectivity index (χ0) is 17.6. The predicted octanol–water partition coefficient (Wildman–Crippen LogP) is 4.87. The molecule has 0 heterocycles. The third-order valence-corrected chi connectivity index (χ3v) is 4.00. The van der Waals surface area contributed by atoms with E-state index in [1.165, 1.54) is 0 Å². The minimum absolute atomic E-state index is 0.00468. The normalized spacial score (nSPS) is 10.4. The molecule has 0 saturated heterocycles. The fourth-order valence-electron chi connectivity index (χ4n) is 2.77. The van der Waals surface area contributed by atoms with E-state index >= 15 is 0 Å². The number of carboxylic acid groups (broad SMARTS) is 1. The van der Waals surface area contributed by atoms with Crippen molar-refractivity contribution >= 4 is 5.97 Å². The molecule has 0 aliphatic carbocycles. The molecule has 3 aromatic carbocycles. The molecule has 3 heteroatoms. The third kappa shape index (κ3) is 4.48. The lowest BCUT2D eigenvalue weighted by Crippen LogP contribution is -2.02. The number of aliphatic carboxylic acids is 1. The summed E-state index contributed by atoms with van der Waals surface area (Å²) in [6.45, 7) is 2.50. The van der Waals surface area contributed by atoms with Gasteiger partial charge >= 0.3 is 5.97 Å². The molecule has 0 saturated carbocycles. The molecular formula is C22H20O3. The highest BCUT2D eigenvalue weighted by Crippen LogP contribution is 2.29. The summed E-state index contributed by atoms with van der Waals surface area (Å²) in [4.78, 5) is 11.1. The lowest BCUT2D eigenvalue weighted by atomic mass is 9.95. The molecule has 0 bridgehead atoms. The van der Waals surface area contributed by atoms with Gasteiger partial charge in [-0.3, -0.25) is 4.79 Å². The zero-order valence-corrected chi connectivity index (χ0v) is 14.1. The second kappa shape index (κ2) is 7.67. The fourth-order valence-corrected chi connectivity index (χ4v) is 2.77. The van der Waals surface area contributed by atoms with Crippen LogP contribution in [0.15, 0.2) is 72.8 Å². The molecule has 3 aromatic rings. The van der Waals surface area contributed by atoms with Crippen LogP contribution in [0, 0.1) is 6.92 Å². The van der Waals surface area contributed by atoms with E-state index < -0.39 is 5.97 Å². The summed E-state index contributed by atoms with van der Waals surface area (Å²) in [6, 6.07) is 23.6. The van der Waals surface area contributed by atoms with Gasteiger partial charge in [0.25, 0.3) is 0 Å². The highest BCUT2D eigenvalue weighted by Gasteiger charge is 2.10. The van der Waals surface area contributed by atoms with Gasteiger partial charge in [-0.1, -0.05) is 66.2 Å². The summed E-state index contributed by atoms with van der Waals surface area (Å²) in [5.41, 5.74) is 4.91. The van der Waals surface area contributed by atoms with Gasteiger partial charge in [0, 0.05) is 0 Å². The summed E-state index contributed by atoms with van der Waals surface area (Å²) in [5.74, 6) is -0.0641. The molecule has 0 spiro atoms. The Kier molecular flexibility index (Phi) is 5.14. The van der Waals surface area contributed by atoms with Crippen LogP contribution < -0.4 is 4.74 Å². The topological polar surface area (TPSA) is 46.5 Å². The zero-order valence-electron chi connectivity index (χ0n) is 14.1. The summed E-state index contributed by atoms with van der Waals surface area (Å²) in [5, 5.41) is 9.15. The first-order valence-electron chi connectivity index (χ1n) is 8.20. The largest absolute Gasteiger partial charge is 0.489 e. The van der Waals surface area contributed by atoms with Crippen LogP contribution in [0.3, 0.4) is 0 Å². The molecule has 0 unspecified atom stereocenters. The van der Waals surface area contributed by atoms with Crippen molar-refractivity contribution in [1.29, 1.82) is 0 Å². The molecule has 3 nitrogen and oxygen atoms in total. The van der Waals surface area contributed by atoms with Crippen molar-refractivity contribution in [3.63, 3.8) is 0 Å². The quantitative estimate of drug-likeness (QED) is 0.700. The number of carboxylic acids is 1. The average Bonchev–Trinajstić information content (AvgIpc) is 2.62. The molecule has 0 aliphatic rings. The Labute approximate surface area is 147 Å². The van der Waals surface area contributed by atoms with E-state index in [-0.39, 0.29) is 6.42 Å². The van der Waals surface area contributed by atoms with Crippen LogP contribution in [0.1, 0.15) is 16.7 Å². The Morgan fingerprint density at radius 1 is 0.960 bits per heavy atom. The SMILES string of the molecule is Cc1ccc(CC(=O)O)c(-c2cccc(OCc3ccccc3)c2)c1. The van der Waals surface area contributed by atoms with Gasteiger partial charge in [-0.25, -0.2) is 0 Å². The van der Waals surface area contributed by atoms with E-state index in [4.69, 9.17) is 9.84 Å². The maximum absolute atomic E-state index is 11.1. The lowest BCUT2D eigenvalue weighted by Gasteiger charge is -2.12. The molecule has 0 atom stereocenters. The standard InChI is InChI=1S/C22H20O3/c1-16-10-11-19(14-22(23)24)21(12-16)18-8-5-9-20(13-18)25-15-17-6-3-2-4-7-17/h2-13H,14-15H2,1H3,(H,23,24). The third-order valence-electron chi connectivity index (χ3n) is 4.00. The number of benzene rings is 3. The van der Waals surface area contributed by atoms with Gasteiger partial charge in [0.2, 0.25) is 0 Å². The number of aryl methyl sites for hydroxylation is 1. The molecule has 0 fully saturated rings. The summed E-state index contributed by atoms with van der Waals surface area (Å²) < 4.78 is 5.89. The number of ether oxygens (including phenoxy) is 1. The van der Waals surface area contributed by atoms with Crippen LogP contribution >= 0.6 is 0 Å². The minimum Gasteiger partial charge on any atom is -0.489 e. The summed E-state index contributed by atoms with van der Waals surface area (Å²) >= 11 is 0. The lowest BCUT2D eigenvalue weighted by molar-refractivity contribution is -0.136. The smallest absolute Gasteiger partial charge is 0.307 e. The molecule has 126 valence electrons. The number of carbonyl (C=O) groups is 1. The highest BCUT2D eigenvalue weighted by molar-refractivity contribution is 5.77. The second-order valence-electron chi connectivity index (χ2n) is 6.03. The van der Waals surface area contributed by atoms with E-state index in [0.717, 1.165) is 33.6 Å². The molecule has 0 amide bonds. The Hall–Kier alpha value is -3.07. The molecular weight excluding hydrogens is 312 g/mol. The van der Waals surface area contributed by atoms with Crippen LogP contribution in [0.2, 0.25) is 0 Å². The highest BCUT2D eigenvalue weighted by atomic mass is 16.5. The molecule has 0 aromatic heterocycles. The van der Waals surface area contributed by atoms with Gasteiger partial charge in [-0.15, -0.1) is 0 Å². The first kappa shape index (κ1) is 16.8. The van der Waals surface area contributed by atoms with Crippen LogP contribution in [0.4, 0.5) is 0 Å². The van der Waals surface area contributed by atoms with Crippen LogP contribution in [0.5, 0.6) is 5.75 Å². The number of hydrogen-bond donors (Lipinski definition) is 1. The van der Waals surface area contributed by atoms with Crippen molar-refractivity contribution in [2.24, 2.45) is 0 Å². The Morgan fingerprint density at radius 2 is 1.76 bits per heavy atom. The first-order chi connectivity index (χ1) is 12.1. The van der Waals surface area contributed by atoms with Gasteiger partial charge in [-0.2, -0.15) is 0 Å². The van der Waals surface area contributed by atoms with Crippen LogP contribution in [-0.4, -0.2) is 11.1 Å². The molecule has 25 heavy (non-hydrogen) atoms. The van der Waals surface area contributed by atoms with E-state index in [1.54, 1.807) is 0 Å². The van der Waals surface area contributed by atoms with Crippen molar-refractivity contribution in [3.05, 3.63) is 89.5 Å². The Balaban J connectivity index is 1.86. The van der Waals surface area contributed by atoms with E-state index in [2.05, 4.69) is 0 Å². The van der Waals surface area contributed by atoms with E-state index in [1.807, 2.05) is 79.7 Å². The van der Waals surface area contributed by atoms with Gasteiger partial charge < -0.3 is 9.84 Å². The average molecular weight is 332 g/mol. The van der Waals surface area contributed by atoms with Gasteiger partial charge in [0.05, 0.1) is 6.42 Å². The maximum Gasteiger partial charge on any atom is 0.307 e. The van der Waals surface area contributed by atoms with E-state index in [9.17, 15) is 4.79 Å². The van der Waals surface area contributed by atoms with Gasteiger partial charge in [-0.05, 0) is 41.3 Å². The minimum atomic E-state index is -0.832. The van der Waals surface area contributed by atoms with Gasteiger partial charge in [0.1, 0.15) is 12.4 Å². The van der Waals surface area contributed by atoms with Gasteiger partial charge in [0.15, 0.2) is 0 Å². The van der Waals surface area contributed by atoms with Crippen molar-refractivity contribution in [1.82, 2.24) is 0 Å². The Bertz CT molecular complexity index is 869. The predicted molar refractivity (Wildman–Crippen MR) is 98.7 cm³/mol. The van der Waals surface area contributed by atoms with Crippen molar-refractivity contribution < 1.29 is 14.6 Å². The van der Waals surface area contributed by atoms with Crippen LogP contribution in [-0.2, 0) is 17.8 Å². The summed E-state index contributed by atoms with van der Waals surface area (Å²) in [6.07, 6.45) is 0.00468. The molecule has 1 N–H and O–H groups in total. The second-order valence-corrected chi connectivity index (χ2v) is 6.03. The first-order valence-corrected chi connectivity index (χ1v) is 8.20. The fraction of sp³-hybridized carbons (Fsp3) is 0.136. The molecule has 3 rings (SSSR count).